The van der Waals surface area contributed by atoms with Crippen LogP contribution < -0.4 is 10.1 Å². The summed E-state index contributed by atoms with van der Waals surface area (Å²) in [6.45, 7) is 1.68. The Labute approximate surface area is 107 Å². The minimum atomic E-state index is -4.79. The maximum absolute atomic E-state index is 12.3. The van der Waals surface area contributed by atoms with Crippen molar-refractivity contribution in [1.82, 2.24) is 10.2 Å². The van der Waals surface area contributed by atoms with Gasteiger partial charge in [0.05, 0.1) is 11.6 Å². The van der Waals surface area contributed by atoms with Gasteiger partial charge >= 0.3 is 6.36 Å². The van der Waals surface area contributed by atoms with Gasteiger partial charge in [0.2, 0.25) is 0 Å². The molecule has 0 saturated carbocycles. The molecule has 1 N–H and O–H groups in total. The fraction of sp³-hybridized carbons (Fsp3) is 0.417. The number of benzene rings is 1. The molecule has 4 nitrogen and oxygen atoms in total. The largest absolute Gasteiger partial charge is 0.573 e. The number of halogens is 3. The second-order valence-electron chi connectivity index (χ2n) is 4.49. The molecule has 7 heteroatoms. The first-order valence-electron chi connectivity index (χ1n) is 5.88. The van der Waals surface area contributed by atoms with Crippen LogP contribution in [0.1, 0.15) is 22.0 Å². The molecule has 0 radical (unpaired) electrons. The average Bonchev–Trinajstić information content (AvgIpc) is 2.63. The van der Waals surface area contributed by atoms with Crippen LogP contribution in [0.2, 0.25) is 0 Å². The van der Waals surface area contributed by atoms with Crippen molar-refractivity contribution in [2.24, 2.45) is 0 Å². The van der Waals surface area contributed by atoms with Crippen LogP contribution in [0.3, 0.4) is 0 Å². The molecule has 1 aromatic rings. The van der Waals surface area contributed by atoms with Crippen LogP contribution in [0.15, 0.2) is 18.2 Å². The van der Waals surface area contributed by atoms with Gasteiger partial charge in [-0.15, -0.1) is 13.2 Å². The van der Waals surface area contributed by atoms with Crippen LogP contribution >= 0.6 is 0 Å². The van der Waals surface area contributed by atoms with E-state index in [1.807, 2.05) is 0 Å². The van der Waals surface area contributed by atoms with Crippen LogP contribution in [0.25, 0.3) is 0 Å². The fourth-order valence-electron chi connectivity index (χ4n) is 2.63. The van der Waals surface area contributed by atoms with E-state index in [1.54, 1.807) is 11.0 Å². The van der Waals surface area contributed by atoms with Crippen molar-refractivity contribution in [3.63, 3.8) is 0 Å². The van der Waals surface area contributed by atoms with Crippen molar-refractivity contribution in [3.05, 3.63) is 29.3 Å². The standard InChI is InChI=1S/C12H11F3N2O2/c13-12(14,15)19-9-3-1-2-7-8-6-16-4-5-17(8)11(18)10(7)9/h1-3,8,16H,4-6H2/t8-/m0/s1. The van der Waals surface area contributed by atoms with E-state index in [-0.39, 0.29) is 17.5 Å². The third-order valence-electron chi connectivity index (χ3n) is 3.36. The first kappa shape index (κ1) is 12.3. The summed E-state index contributed by atoms with van der Waals surface area (Å²) in [7, 11) is 0. The molecular weight excluding hydrogens is 261 g/mol. The maximum Gasteiger partial charge on any atom is 0.573 e. The van der Waals surface area contributed by atoms with Gasteiger partial charge in [0.25, 0.3) is 5.91 Å². The molecule has 0 unspecified atom stereocenters. The van der Waals surface area contributed by atoms with E-state index in [0.29, 0.717) is 25.2 Å². The molecule has 2 heterocycles. The molecule has 1 atom stereocenters. The first-order valence-corrected chi connectivity index (χ1v) is 5.88. The Balaban J connectivity index is 2.04. The maximum atomic E-state index is 12.3. The monoisotopic (exact) mass is 272 g/mol. The number of nitrogens with one attached hydrogen (secondary N) is 1. The van der Waals surface area contributed by atoms with Gasteiger partial charge in [-0.05, 0) is 11.6 Å². The molecule has 19 heavy (non-hydrogen) atoms. The lowest BCUT2D eigenvalue weighted by atomic mass is 10.0. The Kier molecular flexibility index (Phi) is 2.67. The smallest absolute Gasteiger partial charge is 0.405 e. The zero-order chi connectivity index (χ0) is 13.6. The highest BCUT2D eigenvalue weighted by Gasteiger charge is 2.42. The lowest BCUT2D eigenvalue weighted by Crippen LogP contribution is -2.44. The number of hydrogen-bond acceptors (Lipinski definition) is 3. The van der Waals surface area contributed by atoms with E-state index in [0.717, 1.165) is 0 Å². The minimum Gasteiger partial charge on any atom is -0.405 e. The summed E-state index contributed by atoms with van der Waals surface area (Å²) in [6, 6.07) is 4.13. The third kappa shape index (κ3) is 2.03. The Morgan fingerprint density at radius 1 is 1.37 bits per heavy atom. The van der Waals surface area contributed by atoms with Gasteiger partial charge in [-0.25, -0.2) is 0 Å². The van der Waals surface area contributed by atoms with E-state index in [2.05, 4.69) is 10.1 Å². The van der Waals surface area contributed by atoms with E-state index in [1.165, 1.54) is 12.1 Å². The van der Waals surface area contributed by atoms with Gasteiger partial charge in [0, 0.05) is 19.6 Å². The lowest BCUT2D eigenvalue weighted by Gasteiger charge is -2.30. The second kappa shape index (κ2) is 4.12. The summed E-state index contributed by atoms with van der Waals surface area (Å²) >= 11 is 0. The summed E-state index contributed by atoms with van der Waals surface area (Å²) < 4.78 is 41.0. The zero-order valence-electron chi connectivity index (χ0n) is 9.83. The predicted octanol–water partition coefficient (Wildman–Crippen LogP) is 1.69. The number of ether oxygens (including phenoxy) is 1. The molecule has 1 fully saturated rings. The van der Waals surface area contributed by atoms with Crippen LogP contribution in [0, 0.1) is 0 Å². The van der Waals surface area contributed by atoms with E-state index in [4.69, 9.17) is 0 Å². The number of carbonyl (C=O) groups is 1. The summed E-state index contributed by atoms with van der Waals surface area (Å²) in [5, 5.41) is 3.13. The fourth-order valence-corrected chi connectivity index (χ4v) is 2.63. The molecule has 0 aliphatic carbocycles. The molecule has 2 aliphatic heterocycles. The van der Waals surface area contributed by atoms with Crippen LogP contribution in [-0.2, 0) is 0 Å². The summed E-state index contributed by atoms with van der Waals surface area (Å²) in [5.74, 6) is -0.800. The van der Waals surface area contributed by atoms with Gasteiger partial charge in [-0.2, -0.15) is 0 Å². The summed E-state index contributed by atoms with van der Waals surface area (Å²) in [5.41, 5.74) is 0.632. The van der Waals surface area contributed by atoms with Crippen molar-refractivity contribution in [1.29, 1.82) is 0 Å². The number of nitrogens with zero attached hydrogens (tertiary/aromatic N) is 1. The van der Waals surface area contributed by atoms with Gasteiger partial charge in [-0.3, -0.25) is 4.79 Å². The van der Waals surface area contributed by atoms with Crippen molar-refractivity contribution >= 4 is 5.91 Å². The van der Waals surface area contributed by atoms with Gasteiger partial charge in [-0.1, -0.05) is 12.1 Å². The van der Waals surface area contributed by atoms with Crippen molar-refractivity contribution in [2.75, 3.05) is 19.6 Å². The van der Waals surface area contributed by atoms with Gasteiger partial charge in [0.1, 0.15) is 5.75 Å². The second-order valence-corrected chi connectivity index (χ2v) is 4.49. The van der Waals surface area contributed by atoms with Gasteiger partial charge < -0.3 is 15.0 Å². The van der Waals surface area contributed by atoms with Crippen LogP contribution in [0.5, 0.6) is 5.75 Å². The normalized spacial score (nSPS) is 22.2. The number of fused-ring (bicyclic) bond motifs is 3. The third-order valence-corrected chi connectivity index (χ3v) is 3.36. The molecule has 3 rings (SSSR count). The van der Waals surface area contributed by atoms with Crippen molar-refractivity contribution < 1.29 is 22.7 Å². The average molecular weight is 272 g/mol. The molecular formula is C12H11F3N2O2. The highest BCUT2D eigenvalue weighted by atomic mass is 19.4. The van der Waals surface area contributed by atoms with Crippen molar-refractivity contribution in [2.45, 2.75) is 12.4 Å². The highest BCUT2D eigenvalue weighted by Crippen LogP contribution is 2.40. The van der Waals surface area contributed by atoms with Gasteiger partial charge in [0.15, 0.2) is 0 Å². The molecule has 1 amide bonds. The Bertz CT molecular complexity index is 530. The molecule has 0 aromatic heterocycles. The molecule has 0 bridgehead atoms. The van der Waals surface area contributed by atoms with E-state index >= 15 is 0 Å². The highest BCUT2D eigenvalue weighted by molar-refractivity contribution is 6.02. The number of hydrogen-bond donors (Lipinski definition) is 1. The molecule has 2 aliphatic rings. The number of carbonyl (C=O) groups excluding carboxylic acids is 1. The zero-order valence-corrected chi connectivity index (χ0v) is 9.83. The Morgan fingerprint density at radius 2 is 2.16 bits per heavy atom. The number of alkyl halides is 3. The van der Waals surface area contributed by atoms with Crippen LogP contribution in [-0.4, -0.2) is 36.8 Å². The minimum absolute atomic E-state index is 0.0357. The topological polar surface area (TPSA) is 41.6 Å². The van der Waals surface area contributed by atoms with E-state index < -0.39 is 12.1 Å². The Hall–Kier alpha value is -1.76. The molecule has 1 aromatic carbocycles. The lowest BCUT2D eigenvalue weighted by molar-refractivity contribution is -0.274. The molecule has 1 saturated heterocycles. The number of rotatable bonds is 1. The SMILES string of the molecule is O=C1c2c(OC(F)(F)F)cccc2[C@@H]2CNCCN12. The van der Waals surface area contributed by atoms with E-state index in [9.17, 15) is 18.0 Å². The number of amides is 1. The molecule has 102 valence electrons. The number of piperazine rings is 1. The molecule has 0 spiro atoms. The summed E-state index contributed by atoms with van der Waals surface area (Å²) in [6.07, 6.45) is -4.79. The summed E-state index contributed by atoms with van der Waals surface area (Å²) in [4.78, 5) is 13.8. The Morgan fingerprint density at radius 3 is 2.89 bits per heavy atom. The quantitative estimate of drug-likeness (QED) is 0.845. The first-order chi connectivity index (χ1) is 8.97. The van der Waals surface area contributed by atoms with Crippen molar-refractivity contribution in [3.8, 4) is 5.75 Å². The predicted molar refractivity (Wildman–Crippen MR) is 59.8 cm³/mol. The van der Waals surface area contributed by atoms with Crippen LogP contribution in [0.4, 0.5) is 13.2 Å².